The molecule has 41 heavy (non-hydrogen) atoms. The van der Waals surface area contributed by atoms with Crippen molar-refractivity contribution >= 4 is 21.8 Å². The average molecular weight is 531 g/mol. The van der Waals surface area contributed by atoms with Crippen molar-refractivity contribution in [1.29, 1.82) is 0 Å². The second-order valence-electron chi connectivity index (χ2n) is 10.8. The van der Waals surface area contributed by atoms with Gasteiger partial charge in [0.25, 0.3) is 0 Å². The van der Waals surface area contributed by atoms with Crippen LogP contribution in [0.3, 0.4) is 0 Å². The Balaban J connectivity index is 1.44. The number of benzene rings is 5. The van der Waals surface area contributed by atoms with Gasteiger partial charge in [-0.3, -0.25) is 0 Å². The normalized spacial score (nSPS) is 11.4. The zero-order valence-electron chi connectivity index (χ0n) is 23.7. The SMILES string of the molecule is Cc1ccc2c(c1)c1cc(C)ccc1n2-c1ccc(-c2nc(-c3ccccc3)nc(-c3ccccc3)n2)c(C)c1C. The number of fused-ring (bicyclic) bond motifs is 3. The van der Waals surface area contributed by atoms with Crippen LogP contribution in [0.25, 0.3) is 61.7 Å². The molecule has 0 atom stereocenters. The van der Waals surface area contributed by atoms with Crippen LogP contribution < -0.4 is 0 Å². The number of rotatable bonds is 4. The Hall–Kier alpha value is -5.09. The van der Waals surface area contributed by atoms with Crippen LogP contribution in [-0.4, -0.2) is 19.5 Å². The van der Waals surface area contributed by atoms with Crippen LogP contribution in [0.2, 0.25) is 0 Å². The molecule has 7 aromatic rings. The van der Waals surface area contributed by atoms with Gasteiger partial charge >= 0.3 is 0 Å². The van der Waals surface area contributed by atoms with E-state index in [2.05, 4.69) is 80.8 Å². The molecule has 0 fully saturated rings. The molecule has 5 aromatic carbocycles. The van der Waals surface area contributed by atoms with Gasteiger partial charge in [0.1, 0.15) is 0 Å². The fraction of sp³-hybridized carbons (Fsp3) is 0.108. The van der Waals surface area contributed by atoms with Crippen LogP contribution in [0.4, 0.5) is 0 Å². The fourth-order valence-electron chi connectivity index (χ4n) is 5.73. The highest BCUT2D eigenvalue weighted by Gasteiger charge is 2.19. The molecule has 0 bridgehead atoms. The van der Waals surface area contributed by atoms with Crippen LogP contribution in [0.5, 0.6) is 0 Å². The summed E-state index contributed by atoms with van der Waals surface area (Å²) in [5.41, 5.74) is 11.4. The molecule has 0 saturated heterocycles. The third-order valence-corrected chi connectivity index (χ3v) is 8.02. The standard InChI is InChI=1S/C37H30N4/c1-23-15-18-33-30(21-23)31-22-24(2)16-19-34(31)41(33)32-20-17-29(25(3)26(32)4)37-39-35(27-11-7-5-8-12-27)38-36(40-37)28-13-9-6-10-14-28/h5-22H,1-4H3. The molecule has 0 aliphatic rings. The van der Waals surface area contributed by atoms with E-state index in [1.165, 1.54) is 44.2 Å². The molecule has 0 saturated carbocycles. The van der Waals surface area contributed by atoms with Crippen molar-refractivity contribution in [3.63, 3.8) is 0 Å². The third-order valence-electron chi connectivity index (χ3n) is 8.02. The largest absolute Gasteiger partial charge is 0.309 e. The summed E-state index contributed by atoms with van der Waals surface area (Å²) in [5, 5.41) is 2.56. The lowest BCUT2D eigenvalue weighted by Crippen LogP contribution is -2.04. The predicted molar refractivity (Wildman–Crippen MR) is 169 cm³/mol. The first-order valence-electron chi connectivity index (χ1n) is 14.0. The molecular weight excluding hydrogens is 500 g/mol. The van der Waals surface area contributed by atoms with Crippen molar-refractivity contribution in [2.24, 2.45) is 0 Å². The third kappa shape index (κ3) is 4.29. The smallest absolute Gasteiger partial charge is 0.164 e. The van der Waals surface area contributed by atoms with Crippen LogP contribution >= 0.6 is 0 Å². The molecule has 2 heterocycles. The summed E-state index contributed by atoms with van der Waals surface area (Å²) < 4.78 is 2.40. The molecule has 0 aliphatic carbocycles. The Morgan fingerprint density at radius 1 is 0.463 bits per heavy atom. The van der Waals surface area contributed by atoms with Gasteiger partial charge in [-0.05, 0) is 75.2 Å². The summed E-state index contributed by atoms with van der Waals surface area (Å²) in [4.78, 5) is 14.8. The highest BCUT2D eigenvalue weighted by Crippen LogP contribution is 2.37. The summed E-state index contributed by atoms with van der Waals surface area (Å²) >= 11 is 0. The molecule has 2 aromatic heterocycles. The molecule has 198 valence electrons. The van der Waals surface area contributed by atoms with Crippen LogP contribution in [0.15, 0.2) is 109 Å². The van der Waals surface area contributed by atoms with Crippen LogP contribution in [0.1, 0.15) is 22.3 Å². The lowest BCUT2D eigenvalue weighted by molar-refractivity contribution is 1.06. The Bertz CT molecular complexity index is 1960. The van der Waals surface area contributed by atoms with Gasteiger partial charge in [0.2, 0.25) is 0 Å². The first-order valence-corrected chi connectivity index (χ1v) is 14.0. The summed E-state index contributed by atoms with van der Waals surface area (Å²) in [6.45, 7) is 8.69. The highest BCUT2D eigenvalue weighted by atomic mass is 15.0. The van der Waals surface area contributed by atoms with Crippen molar-refractivity contribution < 1.29 is 0 Å². The Labute approximate surface area is 240 Å². The second-order valence-corrected chi connectivity index (χ2v) is 10.8. The average Bonchev–Trinajstić information content (AvgIpc) is 3.31. The van der Waals surface area contributed by atoms with E-state index in [9.17, 15) is 0 Å². The minimum atomic E-state index is 0.670. The van der Waals surface area contributed by atoms with Gasteiger partial charge in [0.15, 0.2) is 17.5 Å². The molecule has 0 amide bonds. The Kier molecular flexibility index (Phi) is 5.97. The van der Waals surface area contributed by atoms with Crippen molar-refractivity contribution in [3.05, 3.63) is 131 Å². The van der Waals surface area contributed by atoms with Crippen LogP contribution in [-0.2, 0) is 0 Å². The van der Waals surface area contributed by atoms with E-state index in [-0.39, 0.29) is 0 Å². The summed E-state index contributed by atoms with van der Waals surface area (Å²) in [6.07, 6.45) is 0. The van der Waals surface area contributed by atoms with E-state index < -0.39 is 0 Å². The molecule has 0 radical (unpaired) electrons. The van der Waals surface area contributed by atoms with Gasteiger partial charge < -0.3 is 4.57 Å². The Morgan fingerprint density at radius 2 is 0.951 bits per heavy atom. The maximum Gasteiger partial charge on any atom is 0.164 e. The molecule has 0 aliphatic heterocycles. The molecular formula is C37H30N4. The van der Waals surface area contributed by atoms with E-state index in [0.29, 0.717) is 17.5 Å². The highest BCUT2D eigenvalue weighted by molar-refractivity contribution is 6.09. The summed E-state index contributed by atoms with van der Waals surface area (Å²) in [5.74, 6) is 2.02. The molecule has 0 spiro atoms. The number of aromatic nitrogens is 4. The molecule has 4 nitrogen and oxygen atoms in total. The predicted octanol–water partition coefficient (Wildman–Crippen LogP) is 9.20. The monoisotopic (exact) mass is 530 g/mol. The van der Waals surface area contributed by atoms with Gasteiger partial charge in [0.05, 0.1) is 11.0 Å². The first-order chi connectivity index (χ1) is 20.0. The zero-order valence-corrected chi connectivity index (χ0v) is 23.7. The maximum atomic E-state index is 4.98. The van der Waals surface area contributed by atoms with Gasteiger partial charge in [-0.25, -0.2) is 15.0 Å². The van der Waals surface area contributed by atoms with Crippen LogP contribution in [0, 0.1) is 27.7 Å². The van der Waals surface area contributed by atoms with Gasteiger partial charge in [0, 0.05) is 33.2 Å². The number of hydrogen-bond acceptors (Lipinski definition) is 3. The zero-order chi connectivity index (χ0) is 28.1. The quantitative estimate of drug-likeness (QED) is 0.228. The minimum Gasteiger partial charge on any atom is -0.309 e. The lowest BCUT2D eigenvalue weighted by atomic mass is 10.00. The topological polar surface area (TPSA) is 43.6 Å². The van der Waals surface area contributed by atoms with Crippen molar-refractivity contribution in [2.45, 2.75) is 27.7 Å². The molecule has 7 rings (SSSR count). The maximum absolute atomic E-state index is 4.98. The Morgan fingerprint density at radius 3 is 1.46 bits per heavy atom. The summed E-state index contributed by atoms with van der Waals surface area (Å²) in [7, 11) is 0. The van der Waals surface area contributed by atoms with Crippen molar-refractivity contribution in [1.82, 2.24) is 19.5 Å². The van der Waals surface area contributed by atoms with Gasteiger partial charge in [-0.2, -0.15) is 0 Å². The van der Waals surface area contributed by atoms with Gasteiger partial charge in [-0.1, -0.05) is 83.9 Å². The van der Waals surface area contributed by atoms with E-state index in [1.807, 2.05) is 60.7 Å². The number of nitrogens with zero attached hydrogens (tertiary/aromatic N) is 4. The van der Waals surface area contributed by atoms with E-state index >= 15 is 0 Å². The van der Waals surface area contributed by atoms with Crippen molar-refractivity contribution in [2.75, 3.05) is 0 Å². The van der Waals surface area contributed by atoms with Crippen molar-refractivity contribution in [3.8, 4) is 39.9 Å². The fourth-order valence-corrected chi connectivity index (χ4v) is 5.73. The lowest BCUT2D eigenvalue weighted by Gasteiger charge is -2.17. The summed E-state index contributed by atoms with van der Waals surface area (Å²) in [6, 6.07) is 38.1. The molecule has 4 heteroatoms. The first kappa shape index (κ1) is 24.9. The number of aryl methyl sites for hydroxylation is 2. The molecule has 0 unspecified atom stereocenters. The van der Waals surface area contributed by atoms with E-state index in [4.69, 9.17) is 15.0 Å². The van der Waals surface area contributed by atoms with E-state index in [0.717, 1.165) is 22.3 Å². The van der Waals surface area contributed by atoms with Gasteiger partial charge in [-0.15, -0.1) is 0 Å². The second kappa shape index (κ2) is 9.83. The minimum absolute atomic E-state index is 0.670. The molecule has 0 N–H and O–H groups in total. The number of hydrogen-bond donors (Lipinski definition) is 0. The van der Waals surface area contributed by atoms with E-state index in [1.54, 1.807) is 0 Å².